The first-order chi connectivity index (χ1) is 8.15. The Morgan fingerprint density at radius 1 is 1.35 bits per heavy atom. The summed E-state index contributed by atoms with van der Waals surface area (Å²) in [5.41, 5.74) is 11.1. The Hall–Kier alpha value is -2.31. The van der Waals surface area contributed by atoms with Crippen molar-refractivity contribution >= 4 is 17.6 Å². The van der Waals surface area contributed by atoms with Gasteiger partial charge in [0.1, 0.15) is 17.5 Å². The highest BCUT2D eigenvalue weighted by Crippen LogP contribution is 2.09. The smallest absolute Gasteiger partial charge is 0.223 e. The zero-order chi connectivity index (χ0) is 12.3. The third kappa shape index (κ3) is 2.83. The van der Waals surface area contributed by atoms with Gasteiger partial charge >= 0.3 is 0 Å². The predicted molar refractivity (Wildman–Crippen MR) is 66.3 cm³/mol. The van der Waals surface area contributed by atoms with E-state index in [4.69, 9.17) is 11.5 Å². The topological polar surface area (TPSA) is 108 Å². The fraction of sp³-hybridized carbons (Fsp3) is 0.300. The first kappa shape index (κ1) is 11.2. The quantitative estimate of drug-likeness (QED) is 0.687. The maximum atomic E-state index is 5.56. The number of aromatic nitrogens is 4. The largest absolute Gasteiger partial charge is 0.383 e. The molecule has 0 radical (unpaired) electrons. The van der Waals surface area contributed by atoms with E-state index in [0.717, 1.165) is 12.2 Å². The Bertz CT molecular complexity index is 485. The molecule has 0 atom stereocenters. The number of nitrogen functional groups attached to an aromatic ring is 2. The minimum Gasteiger partial charge on any atom is -0.383 e. The van der Waals surface area contributed by atoms with Crippen LogP contribution >= 0.6 is 0 Å². The summed E-state index contributed by atoms with van der Waals surface area (Å²) in [5, 5.41) is 3.13. The Morgan fingerprint density at radius 3 is 2.82 bits per heavy atom. The second-order valence-electron chi connectivity index (χ2n) is 3.67. The minimum atomic E-state index is 0.171. The summed E-state index contributed by atoms with van der Waals surface area (Å²) in [6.45, 7) is 0.709. The van der Waals surface area contributed by atoms with Crippen LogP contribution in [0, 0.1) is 0 Å². The molecule has 5 N–H and O–H groups in total. The van der Waals surface area contributed by atoms with E-state index < -0.39 is 0 Å². The molecule has 0 aliphatic carbocycles. The van der Waals surface area contributed by atoms with Gasteiger partial charge in [-0.05, 0) is 0 Å². The molecular weight excluding hydrogens is 218 g/mol. The molecular formula is C10H15N7. The number of aryl methyl sites for hydroxylation is 1. The van der Waals surface area contributed by atoms with Crippen molar-refractivity contribution < 1.29 is 0 Å². The molecule has 17 heavy (non-hydrogen) atoms. The van der Waals surface area contributed by atoms with Gasteiger partial charge in [-0.15, -0.1) is 0 Å². The van der Waals surface area contributed by atoms with Crippen molar-refractivity contribution in [2.75, 3.05) is 23.3 Å². The molecule has 0 amide bonds. The van der Waals surface area contributed by atoms with Crippen molar-refractivity contribution in [3.8, 4) is 0 Å². The van der Waals surface area contributed by atoms with Crippen LogP contribution in [0.3, 0.4) is 0 Å². The second kappa shape index (κ2) is 4.69. The van der Waals surface area contributed by atoms with E-state index in [9.17, 15) is 0 Å². The van der Waals surface area contributed by atoms with Gasteiger partial charge in [-0.25, -0.2) is 4.98 Å². The predicted octanol–water partition coefficient (Wildman–Crippen LogP) is 0.0291. The van der Waals surface area contributed by atoms with Crippen LogP contribution in [0.15, 0.2) is 18.5 Å². The van der Waals surface area contributed by atoms with Gasteiger partial charge in [-0.1, -0.05) is 0 Å². The lowest BCUT2D eigenvalue weighted by atomic mass is 10.4. The molecule has 2 heterocycles. The maximum absolute atomic E-state index is 5.56. The third-order valence-corrected chi connectivity index (χ3v) is 2.34. The summed E-state index contributed by atoms with van der Waals surface area (Å²) in [4.78, 5) is 12.0. The normalized spacial score (nSPS) is 10.4. The van der Waals surface area contributed by atoms with Crippen molar-refractivity contribution in [1.82, 2.24) is 19.5 Å². The first-order valence-corrected chi connectivity index (χ1v) is 5.25. The number of hydrogen-bond donors (Lipinski definition) is 3. The molecule has 0 spiro atoms. The van der Waals surface area contributed by atoms with Crippen LogP contribution in [-0.4, -0.2) is 26.1 Å². The molecule has 7 nitrogen and oxygen atoms in total. The SMILES string of the molecule is Cn1ccnc1CCNc1cc(N)nc(N)n1. The molecule has 0 saturated carbocycles. The number of hydrogen-bond acceptors (Lipinski definition) is 6. The van der Waals surface area contributed by atoms with E-state index >= 15 is 0 Å². The van der Waals surface area contributed by atoms with Crippen LogP contribution in [-0.2, 0) is 13.5 Å². The number of rotatable bonds is 4. The van der Waals surface area contributed by atoms with Gasteiger partial charge in [0.05, 0.1) is 0 Å². The highest BCUT2D eigenvalue weighted by molar-refractivity contribution is 5.48. The molecule has 0 fully saturated rings. The Morgan fingerprint density at radius 2 is 2.18 bits per heavy atom. The number of nitrogens with one attached hydrogen (secondary N) is 1. The fourth-order valence-electron chi connectivity index (χ4n) is 1.52. The average molecular weight is 233 g/mol. The van der Waals surface area contributed by atoms with E-state index in [2.05, 4.69) is 20.3 Å². The van der Waals surface area contributed by atoms with Gasteiger partial charge in [0, 0.05) is 38.5 Å². The Labute approximate surface area is 98.9 Å². The molecule has 2 aromatic heterocycles. The molecule has 2 rings (SSSR count). The number of imidazole rings is 1. The second-order valence-corrected chi connectivity index (χ2v) is 3.67. The molecule has 0 bridgehead atoms. The number of anilines is 3. The number of nitrogens with zero attached hydrogens (tertiary/aromatic N) is 4. The van der Waals surface area contributed by atoms with Crippen molar-refractivity contribution in [3.05, 3.63) is 24.3 Å². The van der Waals surface area contributed by atoms with Gasteiger partial charge in [0.2, 0.25) is 5.95 Å². The van der Waals surface area contributed by atoms with Crippen molar-refractivity contribution in [3.63, 3.8) is 0 Å². The zero-order valence-corrected chi connectivity index (χ0v) is 9.59. The van der Waals surface area contributed by atoms with Crippen LogP contribution in [0.2, 0.25) is 0 Å². The summed E-state index contributed by atoms with van der Waals surface area (Å²) >= 11 is 0. The zero-order valence-electron chi connectivity index (χ0n) is 9.59. The highest BCUT2D eigenvalue weighted by atomic mass is 15.1. The van der Waals surface area contributed by atoms with Crippen LogP contribution in [0.4, 0.5) is 17.6 Å². The van der Waals surface area contributed by atoms with Gasteiger partial charge in [0.25, 0.3) is 0 Å². The first-order valence-electron chi connectivity index (χ1n) is 5.25. The van der Waals surface area contributed by atoms with Gasteiger partial charge in [-0.2, -0.15) is 9.97 Å². The van der Waals surface area contributed by atoms with E-state index in [-0.39, 0.29) is 5.95 Å². The molecule has 0 saturated heterocycles. The number of nitrogens with two attached hydrogens (primary N) is 2. The van der Waals surface area contributed by atoms with E-state index in [1.807, 2.05) is 17.8 Å². The van der Waals surface area contributed by atoms with Crippen molar-refractivity contribution in [1.29, 1.82) is 0 Å². The molecule has 2 aromatic rings. The summed E-state index contributed by atoms with van der Waals surface area (Å²) < 4.78 is 1.98. The molecule has 0 aromatic carbocycles. The lowest BCUT2D eigenvalue weighted by Crippen LogP contribution is -2.11. The average Bonchev–Trinajstić information content (AvgIpc) is 2.63. The molecule has 90 valence electrons. The fourth-order valence-corrected chi connectivity index (χ4v) is 1.52. The third-order valence-electron chi connectivity index (χ3n) is 2.34. The molecule has 0 aliphatic rings. The van der Waals surface area contributed by atoms with Crippen molar-refractivity contribution in [2.24, 2.45) is 7.05 Å². The Balaban J connectivity index is 1.92. The van der Waals surface area contributed by atoms with Gasteiger partial charge < -0.3 is 21.4 Å². The van der Waals surface area contributed by atoms with Crippen LogP contribution < -0.4 is 16.8 Å². The van der Waals surface area contributed by atoms with Crippen molar-refractivity contribution in [2.45, 2.75) is 6.42 Å². The Kier molecular flexibility index (Phi) is 3.08. The lowest BCUT2D eigenvalue weighted by Gasteiger charge is -2.06. The molecule has 0 unspecified atom stereocenters. The molecule has 7 heteroatoms. The lowest BCUT2D eigenvalue weighted by molar-refractivity contribution is 0.788. The van der Waals surface area contributed by atoms with Crippen LogP contribution in [0.1, 0.15) is 5.82 Å². The van der Waals surface area contributed by atoms with E-state index in [0.29, 0.717) is 18.2 Å². The maximum Gasteiger partial charge on any atom is 0.223 e. The summed E-state index contributed by atoms with van der Waals surface area (Å²) in [7, 11) is 1.96. The minimum absolute atomic E-state index is 0.171. The standard InChI is InChI=1S/C10H15N7/c1-17-5-4-14-9(17)2-3-13-8-6-7(11)15-10(12)16-8/h4-6H,2-3H2,1H3,(H5,11,12,13,15,16). The molecule has 0 aliphatic heterocycles. The summed E-state index contributed by atoms with van der Waals surface area (Å²) in [6.07, 6.45) is 4.49. The van der Waals surface area contributed by atoms with Gasteiger partial charge in [0.15, 0.2) is 0 Å². The van der Waals surface area contributed by atoms with Crippen LogP contribution in [0.5, 0.6) is 0 Å². The van der Waals surface area contributed by atoms with E-state index in [1.54, 1.807) is 12.3 Å². The highest BCUT2D eigenvalue weighted by Gasteiger charge is 2.01. The summed E-state index contributed by atoms with van der Waals surface area (Å²) in [5.74, 6) is 2.16. The van der Waals surface area contributed by atoms with Crippen LogP contribution in [0.25, 0.3) is 0 Å². The monoisotopic (exact) mass is 233 g/mol. The summed E-state index contributed by atoms with van der Waals surface area (Å²) in [6, 6.07) is 1.65. The van der Waals surface area contributed by atoms with E-state index in [1.165, 1.54) is 0 Å². The van der Waals surface area contributed by atoms with Gasteiger partial charge in [-0.3, -0.25) is 0 Å².